The van der Waals surface area contributed by atoms with Crippen LogP contribution >= 0.6 is 0 Å². The fraction of sp³-hybridized carbons (Fsp3) is 0.625. The highest BCUT2D eigenvalue weighted by molar-refractivity contribution is 7.85. The highest BCUT2D eigenvalue weighted by atomic mass is 32.2. The van der Waals surface area contributed by atoms with E-state index in [0.29, 0.717) is 19.4 Å². The highest BCUT2D eigenvalue weighted by Crippen LogP contribution is 1.74. The molecule has 7 heteroatoms. The number of rotatable bonds is 5. The Morgan fingerprint density at radius 1 is 1.60 bits per heavy atom. The predicted molar refractivity (Wildman–Crippen MR) is 57.2 cm³/mol. The van der Waals surface area contributed by atoms with E-state index in [1.54, 1.807) is 13.0 Å². The van der Waals surface area contributed by atoms with Crippen LogP contribution in [0.5, 0.6) is 0 Å². The first-order valence-corrected chi connectivity index (χ1v) is 6.05. The van der Waals surface area contributed by atoms with Crippen molar-refractivity contribution in [2.75, 3.05) is 26.0 Å². The largest absolute Gasteiger partial charge is 0.465 e. The summed E-state index contributed by atoms with van der Waals surface area (Å²) in [6, 6.07) is 0. The lowest BCUT2D eigenvalue weighted by atomic mass is 10.5. The predicted octanol–water partition coefficient (Wildman–Crippen LogP) is -0.171. The monoisotopic (exact) mass is 239 g/mol. The van der Waals surface area contributed by atoms with Crippen molar-refractivity contribution >= 4 is 16.1 Å². The molecule has 0 aromatic carbocycles. The summed E-state index contributed by atoms with van der Waals surface area (Å²) < 4.78 is 30.5. The number of ether oxygens (including phenoxy) is 1. The Bertz CT molecular complexity index is 265. The summed E-state index contributed by atoms with van der Waals surface area (Å²) in [7, 11) is -3.67. The van der Waals surface area contributed by atoms with Gasteiger partial charge in [-0.15, -0.1) is 6.58 Å². The van der Waals surface area contributed by atoms with E-state index in [0.717, 1.165) is 0 Å². The highest BCUT2D eigenvalue weighted by Gasteiger charge is 1.96. The molecule has 0 amide bonds. The van der Waals surface area contributed by atoms with Crippen molar-refractivity contribution in [2.24, 2.45) is 0 Å². The second-order valence-corrected chi connectivity index (χ2v) is 3.92. The molecule has 0 aromatic heterocycles. The molecule has 0 saturated carbocycles. The van der Waals surface area contributed by atoms with Crippen molar-refractivity contribution in [1.29, 1.82) is 0 Å². The maximum absolute atomic E-state index is 10.6. The van der Waals surface area contributed by atoms with Crippen molar-refractivity contribution in [2.45, 2.75) is 6.92 Å². The minimum Gasteiger partial charge on any atom is -0.465 e. The molecule has 0 spiro atoms. The molecule has 0 radical (unpaired) electrons. The van der Waals surface area contributed by atoms with Gasteiger partial charge in [-0.05, 0) is 6.92 Å². The van der Waals surface area contributed by atoms with Crippen LogP contribution in [0.3, 0.4) is 0 Å². The lowest BCUT2D eigenvalue weighted by Gasteiger charge is -2.00. The third-order valence-corrected chi connectivity index (χ3v) is 0.863. The topological polar surface area (TPSA) is 92.7 Å². The Balaban J connectivity index is 0. The van der Waals surface area contributed by atoms with Gasteiger partial charge in [0.1, 0.15) is 0 Å². The standard InChI is InChI=1S/C7H13NO2.CH4O3S/c1-3-5-8-6-7(9)10-4-2;1-5(2,3)4/h3,8H,1,4-6H2,2H3;1H3,(H,2,3,4). The minimum atomic E-state index is -3.67. The van der Waals surface area contributed by atoms with E-state index in [9.17, 15) is 13.2 Å². The van der Waals surface area contributed by atoms with Gasteiger partial charge in [0, 0.05) is 6.54 Å². The zero-order valence-corrected chi connectivity index (χ0v) is 9.71. The van der Waals surface area contributed by atoms with Gasteiger partial charge in [0.15, 0.2) is 0 Å². The third-order valence-electron chi connectivity index (χ3n) is 0.863. The molecule has 6 nitrogen and oxygen atoms in total. The average Bonchev–Trinajstić information content (AvgIpc) is 2.02. The van der Waals surface area contributed by atoms with E-state index in [1.165, 1.54) is 0 Å². The zero-order chi connectivity index (χ0) is 12.3. The Morgan fingerprint density at radius 2 is 2.07 bits per heavy atom. The normalized spacial score (nSPS) is 9.80. The van der Waals surface area contributed by atoms with Crippen LogP contribution in [0, 0.1) is 0 Å². The van der Waals surface area contributed by atoms with Crippen LogP contribution in [-0.2, 0) is 19.6 Å². The Hall–Kier alpha value is -0.920. The molecular weight excluding hydrogens is 222 g/mol. The first kappa shape index (κ1) is 16.5. The Morgan fingerprint density at radius 3 is 2.40 bits per heavy atom. The molecule has 0 fully saturated rings. The first-order chi connectivity index (χ1) is 6.81. The molecule has 2 N–H and O–H groups in total. The second-order valence-electron chi connectivity index (χ2n) is 2.46. The van der Waals surface area contributed by atoms with Crippen LogP contribution in [0.2, 0.25) is 0 Å². The fourth-order valence-corrected chi connectivity index (χ4v) is 0.488. The molecule has 15 heavy (non-hydrogen) atoms. The number of carbonyl (C=O) groups is 1. The van der Waals surface area contributed by atoms with E-state index in [4.69, 9.17) is 4.55 Å². The van der Waals surface area contributed by atoms with E-state index >= 15 is 0 Å². The van der Waals surface area contributed by atoms with E-state index in [2.05, 4.69) is 16.6 Å². The molecule has 0 atom stereocenters. The van der Waals surface area contributed by atoms with E-state index in [1.807, 2.05) is 0 Å². The van der Waals surface area contributed by atoms with Crippen LogP contribution in [0.1, 0.15) is 6.92 Å². The number of carbonyl (C=O) groups excluding carboxylic acids is 1. The van der Waals surface area contributed by atoms with E-state index in [-0.39, 0.29) is 12.5 Å². The van der Waals surface area contributed by atoms with Gasteiger partial charge in [-0.2, -0.15) is 8.42 Å². The summed E-state index contributed by atoms with van der Waals surface area (Å²) in [5, 5.41) is 2.83. The van der Waals surface area contributed by atoms with Gasteiger partial charge >= 0.3 is 5.97 Å². The number of nitrogens with one attached hydrogen (secondary N) is 1. The van der Waals surface area contributed by atoms with Crippen molar-refractivity contribution in [1.82, 2.24) is 5.32 Å². The quantitative estimate of drug-likeness (QED) is 0.299. The molecule has 0 bridgehead atoms. The molecule has 0 aliphatic carbocycles. The van der Waals surface area contributed by atoms with Crippen LogP contribution in [-0.4, -0.2) is 44.9 Å². The van der Waals surface area contributed by atoms with Gasteiger partial charge in [0.05, 0.1) is 19.4 Å². The Labute approximate surface area is 90.1 Å². The summed E-state index contributed by atoms with van der Waals surface area (Å²) in [5.41, 5.74) is 0. The molecule has 90 valence electrons. The molecule has 0 heterocycles. The summed E-state index contributed by atoms with van der Waals surface area (Å²) >= 11 is 0. The lowest BCUT2D eigenvalue weighted by Crippen LogP contribution is -2.24. The smallest absolute Gasteiger partial charge is 0.319 e. The summed E-state index contributed by atoms with van der Waals surface area (Å²) in [5.74, 6) is -0.218. The molecule has 0 saturated heterocycles. The van der Waals surface area contributed by atoms with Gasteiger partial charge < -0.3 is 10.1 Å². The van der Waals surface area contributed by atoms with Gasteiger partial charge in [-0.25, -0.2) is 0 Å². The second kappa shape index (κ2) is 9.63. The Kier molecular flexibility index (Phi) is 10.6. The van der Waals surface area contributed by atoms with Crippen molar-refractivity contribution in [3.8, 4) is 0 Å². The van der Waals surface area contributed by atoms with Crippen LogP contribution in [0.15, 0.2) is 12.7 Å². The summed E-state index contributed by atoms with van der Waals surface area (Å²) in [6.45, 7) is 6.61. The molecule has 0 rings (SSSR count). The minimum absolute atomic E-state index is 0.218. The van der Waals surface area contributed by atoms with Crippen molar-refractivity contribution in [3.05, 3.63) is 12.7 Å². The molecular formula is C8H17NO5S. The van der Waals surface area contributed by atoms with Crippen molar-refractivity contribution in [3.63, 3.8) is 0 Å². The van der Waals surface area contributed by atoms with Crippen LogP contribution in [0.4, 0.5) is 0 Å². The van der Waals surface area contributed by atoms with E-state index < -0.39 is 10.1 Å². The summed E-state index contributed by atoms with van der Waals surface area (Å²) in [4.78, 5) is 10.6. The van der Waals surface area contributed by atoms with Gasteiger partial charge in [0.2, 0.25) is 0 Å². The van der Waals surface area contributed by atoms with Crippen LogP contribution < -0.4 is 5.32 Å². The average molecular weight is 239 g/mol. The van der Waals surface area contributed by atoms with Gasteiger partial charge in [0.25, 0.3) is 10.1 Å². The SMILES string of the molecule is C=CCNCC(=O)OCC.CS(=O)(=O)O. The van der Waals surface area contributed by atoms with Crippen LogP contribution in [0.25, 0.3) is 0 Å². The zero-order valence-electron chi connectivity index (χ0n) is 8.89. The molecule has 0 aromatic rings. The fourth-order valence-electron chi connectivity index (χ4n) is 0.488. The van der Waals surface area contributed by atoms with Gasteiger partial charge in [-0.3, -0.25) is 9.35 Å². The third kappa shape index (κ3) is 32.0. The maximum Gasteiger partial charge on any atom is 0.319 e. The maximum atomic E-state index is 10.6. The number of esters is 1. The molecule has 0 aliphatic heterocycles. The van der Waals surface area contributed by atoms with Crippen molar-refractivity contribution < 1.29 is 22.5 Å². The first-order valence-electron chi connectivity index (χ1n) is 4.21. The number of hydrogen-bond acceptors (Lipinski definition) is 5. The molecule has 0 aliphatic rings. The lowest BCUT2D eigenvalue weighted by molar-refractivity contribution is -0.141. The molecule has 0 unspecified atom stereocenters. The number of hydrogen-bond donors (Lipinski definition) is 2. The van der Waals surface area contributed by atoms with Gasteiger partial charge in [-0.1, -0.05) is 6.08 Å². The summed E-state index contributed by atoms with van der Waals surface area (Å²) in [6.07, 6.45) is 2.41.